The highest BCUT2D eigenvalue weighted by Gasteiger charge is 2.21. The number of fused-ring (bicyclic) bond motifs is 4. The lowest BCUT2D eigenvalue weighted by molar-refractivity contribution is -0.135. The van der Waals surface area contributed by atoms with Gasteiger partial charge in [0.25, 0.3) is 11.5 Å². The third-order valence-corrected chi connectivity index (χ3v) is 6.21. The molecule has 0 aliphatic heterocycles. The summed E-state index contributed by atoms with van der Waals surface area (Å²) in [5, 5.41) is 1.61. The smallest absolute Gasteiger partial charge is 0.261 e. The first-order valence-electron chi connectivity index (χ1n) is 11.4. The van der Waals surface area contributed by atoms with Crippen LogP contribution in [0.15, 0.2) is 51.7 Å². The zero-order chi connectivity index (χ0) is 22.9. The van der Waals surface area contributed by atoms with Crippen LogP contribution in [-0.2, 0) is 24.2 Å². The van der Waals surface area contributed by atoms with Crippen molar-refractivity contribution in [3.63, 3.8) is 0 Å². The molecule has 2 aromatic carbocycles. The van der Waals surface area contributed by atoms with Crippen LogP contribution in [-0.4, -0.2) is 33.4 Å². The summed E-state index contributed by atoms with van der Waals surface area (Å²) in [5.41, 5.74) is 2.54. The minimum atomic E-state index is -0.209. The fourth-order valence-electron chi connectivity index (χ4n) is 4.49. The average molecular weight is 446 g/mol. The number of rotatable bonds is 6. The molecule has 0 unspecified atom stereocenters. The summed E-state index contributed by atoms with van der Waals surface area (Å²) in [6.07, 6.45) is 4.32. The summed E-state index contributed by atoms with van der Waals surface area (Å²) < 4.78 is 11.9. The van der Waals surface area contributed by atoms with Crippen molar-refractivity contribution in [1.29, 1.82) is 0 Å². The second kappa shape index (κ2) is 8.73. The summed E-state index contributed by atoms with van der Waals surface area (Å²) in [6, 6.07) is 12.8. The van der Waals surface area contributed by atoms with Crippen LogP contribution in [0, 0.1) is 0 Å². The summed E-state index contributed by atoms with van der Waals surface area (Å²) in [6.45, 7) is 3.97. The molecule has 0 fully saturated rings. The molecule has 1 N–H and O–H groups in total. The van der Waals surface area contributed by atoms with Gasteiger partial charge in [-0.3, -0.25) is 9.59 Å². The lowest BCUT2D eigenvalue weighted by Crippen LogP contribution is -2.40. The molecule has 2 heterocycles. The summed E-state index contributed by atoms with van der Waals surface area (Å²) in [5.74, 6) is 2.00. The molecule has 0 spiro atoms. The van der Waals surface area contributed by atoms with Gasteiger partial charge in [-0.15, -0.1) is 0 Å². The van der Waals surface area contributed by atoms with E-state index in [1.807, 2.05) is 38.1 Å². The Kier molecular flexibility index (Phi) is 5.62. The van der Waals surface area contributed by atoms with Gasteiger partial charge in [-0.1, -0.05) is 12.1 Å². The molecule has 0 atom stereocenters. The largest absolute Gasteiger partial charge is 0.484 e. The lowest BCUT2D eigenvalue weighted by Gasteiger charge is -2.26. The molecule has 33 heavy (non-hydrogen) atoms. The number of benzene rings is 2. The molecule has 4 aromatic rings. The number of nitrogens with one attached hydrogen (secondary N) is 1. The quantitative estimate of drug-likeness (QED) is 0.476. The Hall–Kier alpha value is -3.61. The van der Waals surface area contributed by atoms with Crippen molar-refractivity contribution in [3.8, 4) is 5.75 Å². The number of ether oxygens (including phenoxy) is 1. The Morgan fingerprint density at radius 2 is 1.97 bits per heavy atom. The van der Waals surface area contributed by atoms with Crippen molar-refractivity contribution in [1.82, 2.24) is 14.9 Å². The van der Waals surface area contributed by atoms with Crippen LogP contribution >= 0.6 is 0 Å². The minimum absolute atomic E-state index is 0.0822. The molecule has 5 rings (SSSR count). The highest BCUT2D eigenvalue weighted by Crippen LogP contribution is 2.34. The molecule has 7 heteroatoms. The predicted molar refractivity (Wildman–Crippen MR) is 126 cm³/mol. The van der Waals surface area contributed by atoms with E-state index < -0.39 is 0 Å². The maximum absolute atomic E-state index is 13.0. The van der Waals surface area contributed by atoms with Crippen LogP contribution in [0.1, 0.15) is 43.8 Å². The van der Waals surface area contributed by atoms with Gasteiger partial charge in [0.15, 0.2) is 6.61 Å². The summed E-state index contributed by atoms with van der Waals surface area (Å²) >= 11 is 0. The number of H-pyrrole nitrogens is 1. The van der Waals surface area contributed by atoms with Gasteiger partial charge in [-0.05, 0) is 63.4 Å². The van der Waals surface area contributed by atoms with Crippen LogP contribution in [0.3, 0.4) is 0 Å². The number of nitrogens with zero attached hydrogens (tertiary/aromatic N) is 2. The van der Waals surface area contributed by atoms with E-state index >= 15 is 0 Å². The number of para-hydroxylation sites is 1. The number of aromatic amines is 1. The van der Waals surface area contributed by atoms with Crippen LogP contribution in [0.25, 0.3) is 21.9 Å². The van der Waals surface area contributed by atoms with Crippen molar-refractivity contribution < 1.29 is 13.9 Å². The van der Waals surface area contributed by atoms with Crippen LogP contribution in [0.5, 0.6) is 5.75 Å². The van der Waals surface area contributed by atoms with Gasteiger partial charge < -0.3 is 19.0 Å². The first-order chi connectivity index (χ1) is 16.0. The Labute approximate surface area is 191 Å². The van der Waals surface area contributed by atoms with Crippen LogP contribution in [0.4, 0.5) is 0 Å². The average Bonchev–Trinajstić information content (AvgIpc) is 3.19. The van der Waals surface area contributed by atoms with Crippen LogP contribution in [0.2, 0.25) is 0 Å². The number of aryl methyl sites for hydroxylation is 2. The number of furan rings is 1. The molecular formula is C26H27N3O4. The third kappa shape index (κ3) is 4.23. The molecule has 1 aliphatic carbocycles. The standard InChI is InChI=1S/C26H27N3O4/c1-16(2)29(14-24-27-21-9-5-3-8-19(21)26(31)28-24)25(30)15-32-17-11-12-23-20(13-17)18-7-4-6-10-22(18)33-23/h3,5,8-9,11-13,16H,4,6-7,10,14-15H2,1-2H3,(H,27,28,31). The monoisotopic (exact) mass is 445 g/mol. The third-order valence-electron chi connectivity index (χ3n) is 6.21. The van der Waals surface area contributed by atoms with Crippen molar-refractivity contribution in [3.05, 3.63) is 70.0 Å². The minimum Gasteiger partial charge on any atom is -0.484 e. The molecule has 0 saturated carbocycles. The molecule has 0 bridgehead atoms. The summed E-state index contributed by atoms with van der Waals surface area (Å²) in [7, 11) is 0. The normalized spacial score (nSPS) is 13.4. The number of amides is 1. The maximum Gasteiger partial charge on any atom is 0.261 e. The molecule has 1 amide bonds. The van der Waals surface area contributed by atoms with Gasteiger partial charge in [0, 0.05) is 23.4 Å². The molecular weight excluding hydrogens is 418 g/mol. The Bertz CT molecular complexity index is 1390. The lowest BCUT2D eigenvalue weighted by atomic mass is 9.96. The molecule has 0 saturated heterocycles. The van der Waals surface area contributed by atoms with Gasteiger partial charge in [-0.2, -0.15) is 0 Å². The zero-order valence-electron chi connectivity index (χ0n) is 18.9. The molecule has 7 nitrogen and oxygen atoms in total. The van der Waals surface area contributed by atoms with Crippen molar-refractivity contribution in [2.75, 3.05) is 6.61 Å². The number of carbonyl (C=O) groups excluding carboxylic acids is 1. The second-order valence-electron chi connectivity index (χ2n) is 8.80. The van der Waals surface area contributed by atoms with E-state index in [0.29, 0.717) is 22.5 Å². The number of hydrogen-bond acceptors (Lipinski definition) is 5. The van der Waals surface area contributed by atoms with Gasteiger partial charge in [0.2, 0.25) is 0 Å². The molecule has 0 radical (unpaired) electrons. The van der Waals surface area contributed by atoms with E-state index in [1.54, 1.807) is 23.1 Å². The van der Waals surface area contributed by atoms with Crippen LogP contribution < -0.4 is 10.3 Å². The first kappa shape index (κ1) is 21.2. The van der Waals surface area contributed by atoms with Gasteiger partial charge in [0.05, 0.1) is 17.4 Å². The summed E-state index contributed by atoms with van der Waals surface area (Å²) in [4.78, 5) is 34.4. The van der Waals surface area contributed by atoms with E-state index in [-0.39, 0.29) is 30.7 Å². The van der Waals surface area contributed by atoms with Crippen molar-refractivity contribution in [2.45, 2.75) is 52.1 Å². The van der Waals surface area contributed by atoms with Crippen molar-refractivity contribution in [2.24, 2.45) is 0 Å². The SMILES string of the molecule is CC(C)N(Cc1nc2ccccc2c(=O)[nH]1)C(=O)COc1ccc2oc3c(c2c1)CCCC3. The molecule has 2 aromatic heterocycles. The van der Waals surface area contributed by atoms with Gasteiger partial charge in [-0.25, -0.2) is 4.98 Å². The highest BCUT2D eigenvalue weighted by atomic mass is 16.5. The number of carbonyl (C=O) groups is 1. The van der Waals surface area contributed by atoms with Crippen molar-refractivity contribution >= 4 is 27.8 Å². The predicted octanol–water partition coefficient (Wildman–Crippen LogP) is 4.36. The number of aromatic nitrogens is 2. The van der Waals surface area contributed by atoms with Gasteiger partial charge >= 0.3 is 0 Å². The maximum atomic E-state index is 13.0. The van der Waals surface area contributed by atoms with E-state index in [4.69, 9.17) is 9.15 Å². The molecule has 1 aliphatic rings. The zero-order valence-corrected chi connectivity index (χ0v) is 18.9. The topological polar surface area (TPSA) is 88.4 Å². The van der Waals surface area contributed by atoms with E-state index in [1.165, 1.54) is 12.0 Å². The number of hydrogen-bond donors (Lipinski definition) is 1. The Morgan fingerprint density at radius 1 is 1.15 bits per heavy atom. The van der Waals surface area contributed by atoms with E-state index in [2.05, 4.69) is 9.97 Å². The fraction of sp³-hybridized carbons (Fsp3) is 0.346. The fourth-order valence-corrected chi connectivity index (χ4v) is 4.49. The van der Waals surface area contributed by atoms with Gasteiger partial charge in [0.1, 0.15) is 22.9 Å². The first-order valence-corrected chi connectivity index (χ1v) is 11.4. The van der Waals surface area contributed by atoms with E-state index in [0.717, 1.165) is 36.0 Å². The molecule has 170 valence electrons. The Balaban J connectivity index is 1.32. The second-order valence-corrected chi connectivity index (χ2v) is 8.80. The highest BCUT2D eigenvalue weighted by molar-refractivity contribution is 5.84. The Morgan fingerprint density at radius 3 is 2.82 bits per heavy atom. The van der Waals surface area contributed by atoms with E-state index in [9.17, 15) is 9.59 Å².